The maximum Gasteiger partial charge on any atom is 0.221 e. The van der Waals surface area contributed by atoms with Crippen LogP contribution in [0.4, 0.5) is 0 Å². The molecule has 0 aliphatic rings. The van der Waals surface area contributed by atoms with E-state index in [0.717, 1.165) is 0 Å². The van der Waals surface area contributed by atoms with Gasteiger partial charge in [0.15, 0.2) is 0 Å². The van der Waals surface area contributed by atoms with Gasteiger partial charge in [-0.2, -0.15) is 0 Å². The summed E-state index contributed by atoms with van der Waals surface area (Å²) in [5, 5.41) is 2.74. The summed E-state index contributed by atoms with van der Waals surface area (Å²) in [6.07, 6.45) is 0.186. The van der Waals surface area contributed by atoms with Gasteiger partial charge < -0.3 is 11.1 Å². The third-order valence-electron chi connectivity index (χ3n) is 2.03. The van der Waals surface area contributed by atoms with Crippen molar-refractivity contribution in [1.82, 2.24) is 5.32 Å². The van der Waals surface area contributed by atoms with Crippen LogP contribution >= 0.6 is 0 Å². The van der Waals surface area contributed by atoms with Crippen molar-refractivity contribution < 1.29 is 12.4 Å². The molecule has 1 unspecified atom stereocenters. The Hall–Kier alpha value is -1.06. The molecule has 0 rings (SSSR count). The lowest BCUT2D eigenvalue weighted by Crippen LogP contribution is -2.36. The van der Waals surface area contributed by atoms with Gasteiger partial charge in [-0.3, -0.25) is 9.59 Å². The van der Waals surface area contributed by atoms with E-state index in [0.29, 0.717) is 0 Å². The van der Waals surface area contributed by atoms with Crippen LogP contribution in [0.3, 0.4) is 0 Å². The van der Waals surface area contributed by atoms with E-state index < -0.39 is 5.91 Å². The highest BCUT2D eigenvalue weighted by Gasteiger charge is 2.22. The predicted molar refractivity (Wildman–Crippen MR) is 59.6 cm³/mol. The molecule has 2 amide bonds. The van der Waals surface area contributed by atoms with Gasteiger partial charge in [-0.15, -0.1) is 0 Å². The SMILES string of the molecule is CC(C)NC(=O)CC(C(N)=O)C(C)C.[HH].[HH]. The molecular formula is C10H24N2O2. The van der Waals surface area contributed by atoms with Crippen molar-refractivity contribution in [3.05, 3.63) is 0 Å². The summed E-state index contributed by atoms with van der Waals surface area (Å²) in [5.74, 6) is -0.782. The number of hydrogen-bond donors (Lipinski definition) is 2. The third kappa shape index (κ3) is 4.84. The smallest absolute Gasteiger partial charge is 0.221 e. The molecule has 0 saturated carbocycles. The summed E-state index contributed by atoms with van der Waals surface area (Å²) in [6, 6.07) is 0.100. The zero-order valence-electron chi connectivity index (χ0n) is 9.33. The topological polar surface area (TPSA) is 72.2 Å². The van der Waals surface area contributed by atoms with Gasteiger partial charge in [0.25, 0.3) is 0 Å². The Morgan fingerprint density at radius 1 is 1.29 bits per heavy atom. The van der Waals surface area contributed by atoms with Crippen molar-refractivity contribution in [1.29, 1.82) is 0 Å². The minimum Gasteiger partial charge on any atom is -0.369 e. The van der Waals surface area contributed by atoms with E-state index in [2.05, 4.69) is 5.32 Å². The minimum absolute atomic E-state index is 0. The second-order valence-corrected chi connectivity index (χ2v) is 4.18. The second kappa shape index (κ2) is 5.62. The van der Waals surface area contributed by atoms with Crippen LogP contribution in [0, 0.1) is 11.8 Å². The van der Waals surface area contributed by atoms with Crippen molar-refractivity contribution in [2.24, 2.45) is 17.6 Å². The molecule has 3 N–H and O–H groups in total. The molecule has 4 nitrogen and oxygen atoms in total. The maximum absolute atomic E-state index is 11.4. The van der Waals surface area contributed by atoms with Gasteiger partial charge in [0.05, 0.1) is 0 Å². The Balaban J connectivity index is -0.000000845. The van der Waals surface area contributed by atoms with Gasteiger partial charge in [0.1, 0.15) is 0 Å². The molecule has 0 aromatic rings. The van der Waals surface area contributed by atoms with Crippen LogP contribution in [0.5, 0.6) is 0 Å². The van der Waals surface area contributed by atoms with E-state index in [1.807, 2.05) is 27.7 Å². The molecule has 14 heavy (non-hydrogen) atoms. The Bertz CT molecular complexity index is 221. The first-order valence-electron chi connectivity index (χ1n) is 4.93. The number of primary amides is 1. The summed E-state index contributed by atoms with van der Waals surface area (Å²) in [4.78, 5) is 22.4. The van der Waals surface area contributed by atoms with Crippen molar-refractivity contribution in [3.63, 3.8) is 0 Å². The lowest BCUT2D eigenvalue weighted by molar-refractivity contribution is -0.129. The minimum atomic E-state index is -0.404. The van der Waals surface area contributed by atoms with Gasteiger partial charge in [-0.25, -0.2) is 0 Å². The van der Waals surface area contributed by atoms with E-state index in [4.69, 9.17) is 5.73 Å². The Morgan fingerprint density at radius 3 is 2.07 bits per heavy atom. The quantitative estimate of drug-likeness (QED) is 0.705. The number of carbonyl (C=O) groups excluding carboxylic acids is 2. The predicted octanol–water partition coefficient (Wildman–Crippen LogP) is 1.15. The molecule has 0 aliphatic heterocycles. The molecule has 0 saturated heterocycles. The first kappa shape index (κ1) is 12.9. The zero-order chi connectivity index (χ0) is 11.3. The summed E-state index contributed by atoms with van der Waals surface area (Å²) < 4.78 is 0. The largest absolute Gasteiger partial charge is 0.369 e. The second-order valence-electron chi connectivity index (χ2n) is 4.18. The highest BCUT2D eigenvalue weighted by Crippen LogP contribution is 2.14. The number of nitrogens with one attached hydrogen (secondary N) is 1. The van der Waals surface area contributed by atoms with Crippen LogP contribution < -0.4 is 11.1 Å². The first-order chi connectivity index (χ1) is 6.34. The van der Waals surface area contributed by atoms with Crippen LogP contribution in [0.25, 0.3) is 0 Å². The van der Waals surface area contributed by atoms with Crippen LogP contribution in [-0.4, -0.2) is 17.9 Å². The molecule has 0 spiro atoms. The molecular weight excluding hydrogens is 180 g/mol. The van der Waals surface area contributed by atoms with Crippen molar-refractivity contribution in [2.45, 2.75) is 40.2 Å². The van der Waals surface area contributed by atoms with Crippen LogP contribution in [0.2, 0.25) is 0 Å². The van der Waals surface area contributed by atoms with E-state index in [1.54, 1.807) is 0 Å². The normalized spacial score (nSPS) is 13.0. The average molecular weight is 204 g/mol. The lowest BCUT2D eigenvalue weighted by Gasteiger charge is -2.17. The van der Waals surface area contributed by atoms with Gasteiger partial charge in [0.2, 0.25) is 11.8 Å². The van der Waals surface area contributed by atoms with Gasteiger partial charge in [-0.1, -0.05) is 13.8 Å². The van der Waals surface area contributed by atoms with E-state index >= 15 is 0 Å². The van der Waals surface area contributed by atoms with Crippen LogP contribution in [0.1, 0.15) is 37.0 Å². The summed E-state index contributed by atoms with van der Waals surface area (Å²) in [6.45, 7) is 7.54. The summed E-state index contributed by atoms with van der Waals surface area (Å²) >= 11 is 0. The number of nitrogens with two attached hydrogens (primary N) is 1. The molecule has 0 aromatic carbocycles. The molecule has 1 atom stereocenters. The maximum atomic E-state index is 11.4. The molecule has 0 bridgehead atoms. The van der Waals surface area contributed by atoms with E-state index in [1.165, 1.54) is 0 Å². The Morgan fingerprint density at radius 2 is 1.79 bits per heavy atom. The third-order valence-corrected chi connectivity index (χ3v) is 2.03. The molecule has 86 valence electrons. The van der Waals surface area contributed by atoms with Crippen molar-refractivity contribution in [3.8, 4) is 0 Å². The highest BCUT2D eigenvalue weighted by atomic mass is 16.2. The number of amides is 2. The van der Waals surface area contributed by atoms with E-state index in [9.17, 15) is 9.59 Å². The molecule has 0 aromatic heterocycles. The fourth-order valence-corrected chi connectivity index (χ4v) is 1.25. The lowest BCUT2D eigenvalue weighted by atomic mass is 9.91. The number of hydrogen-bond acceptors (Lipinski definition) is 2. The number of rotatable bonds is 5. The Labute approximate surface area is 88.2 Å². The van der Waals surface area contributed by atoms with Crippen LogP contribution in [0.15, 0.2) is 0 Å². The molecule has 0 fully saturated rings. The fourth-order valence-electron chi connectivity index (χ4n) is 1.25. The van der Waals surface area contributed by atoms with Crippen LogP contribution in [-0.2, 0) is 9.59 Å². The van der Waals surface area contributed by atoms with Crippen molar-refractivity contribution in [2.75, 3.05) is 0 Å². The number of carbonyl (C=O) groups is 2. The Kier molecular flexibility index (Phi) is 5.20. The van der Waals surface area contributed by atoms with Gasteiger partial charge >= 0.3 is 0 Å². The van der Waals surface area contributed by atoms with Gasteiger partial charge in [-0.05, 0) is 19.8 Å². The van der Waals surface area contributed by atoms with Gasteiger partial charge in [0, 0.05) is 21.2 Å². The molecule has 0 aliphatic carbocycles. The molecule has 4 heteroatoms. The fraction of sp³-hybridized carbons (Fsp3) is 0.800. The summed E-state index contributed by atoms with van der Waals surface area (Å²) in [7, 11) is 0. The highest BCUT2D eigenvalue weighted by molar-refractivity contribution is 5.85. The molecule has 0 radical (unpaired) electrons. The standard InChI is InChI=1S/C10H20N2O2.2H2/c1-6(2)8(10(11)14)5-9(13)12-7(3)4;;/h6-8H,5H2,1-4H3,(H2,11,14)(H,12,13);2*1H. The molecule has 0 heterocycles. The summed E-state index contributed by atoms with van der Waals surface area (Å²) in [5.41, 5.74) is 5.20. The van der Waals surface area contributed by atoms with Crippen molar-refractivity contribution >= 4 is 11.8 Å². The monoisotopic (exact) mass is 204 g/mol. The first-order valence-corrected chi connectivity index (χ1v) is 4.93. The van der Waals surface area contributed by atoms with E-state index in [-0.39, 0.29) is 33.1 Å². The zero-order valence-corrected chi connectivity index (χ0v) is 9.33. The average Bonchev–Trinajstić information content (AvgIpc) is 1.97.